The molecule has 0 radical (unpaired) electrons. The number of piperazine rings is 1. The minimum Gasteiger partial charge on any atom is -0.469 e. The van der Waals surface area contributed by atoms with Crippen LogP contribution in [0.3, 0.4) is 0 Å². The Balaban J connectivity index is 1.48. The summed E-state index contributed by atoms with van der Waals surface area (Å²) in [6.45, 7) is 7.92. The molecular formula is C16H20ClFN4OS. The fourth-order valence-electron chi connectivity index (χ4n) is 2.67. The highest BCUT2D eigenvalue weighted by Gasteiger charge is 2.19. The summed E-state index contributed by atoms with van der Waals surface area (Å²) in [6.07, 6.45) is 0. The molecule has 130 valence electrons. The van der Waals surface area contributed by atoms with Gasteiger partial charge in [0.05, 0.1) is 13.2 Å². The van der Waals surface area contributed by atoms with E-state index in [1.807, 2.05) is 6.92 Å². The van der Waals surface area contributed by atoms with Gasteiger partial charge in [-0.2, -0.15) is 0 Å². The van der Waals surface area contributed by atoms with Crippen LogP contribution >= 0.6 is 22.9 Å². The van der Waals surface area contributed by atoms with Crippen molar-refractivity contribution in [1.29, 1.82) is 0 Å². The third kappa shape index (κ3) is 4.63. The van der Waals surface area contributed by atoms with Crippen molar-refractivity contribution in [2.24, 2.45) is 0 Å². The van der Waals surface area contributed by atoms with E-state index in [9.17, 15) is 4.39 Å². The molecule has 1 aromatic carbocycles. The molecule has 0 atom stereocenters. The van der Waals surface area contributed by atoms with Gasteiger partial charge >= 0.3 is 0 Å². The zero-order valence-electron chi connectivity index (χ0n) is 13.5. The largest absolute Gasteiger partial charge is 0.469 e. The number of nitrogens with zero attached hydrogens (tertiary/aromatic N) is 4. The van der Waals surface area contributed by atoms with Crippen molar-refractivity contribution in [3.63, 3.8) is 0 Å². The van der Waals surface area contributed by atoms with E-state index in [4.69, 9.17) is 16.3 Å². The van der Waals surface area contributed by atoms with Crippen LogP contribution in [-0.4, -0.2) is 52.8 Å². The van der Waals surface area contributed by atoms with Gasteiger partial charge in [0, 0.05) is 37.7 Å². The first-order valence-electron chi connectivity index (χ1n) is 7.98. The molecule has 1 saturated heterocycles. The van der Waals surface area contributed by atoms with Crippen LogP contribution in [0.4, 0.5) is 4.39 Å². The molecule has 1 aliphatic heterocycles. The molecule has 0 spiro atoms. The van der Waals surface area contributed by atoms with Crippen molar-refractivity contribution >= 4 is 22.9 Å². The van der Waals surface area contributed by atoms with E-state index >= 15 is 0 Å². The Labute approximate surface area is 150 Å². The van der Waals surface area contributed by atoms with Crippen molar-refractivity contribution < 1.29 is 9.13 Å². The van der Waals surface area contributed by atoms with E-state index in [-0.39, 0.29) is 5.82 Å². The van der Waals surface area contributed by atoms with E-state index in [2.05, 4.69) is 20.0 Å². The quantitative estimate of drug-likeness (QED) is 0.781. The van der Waals surface area contributed by atoms with Gasteiger partial charge in [0.2, 0.25) is 0 Å². The smallest absolute Gasteiger partial charge is 0.294 e. The second-order valence-corrected chi connectivity index (χ2v) is 7.11. The summed E-state index contributed by atoms with van der Waals surface area (Å²) in [5.41, 5.74) is 0.969. The van der Waals surface area contributed by atoms with Crippen LogP contribution in [0.1, 0.15) is 17.5 Å². The van der Waals surface area contributed by atoms with Gasteiger partial charge in [-0.05, 0) is 24.6 Å². The number of halogens is 2. The molecule has 24 heavy (non-hydrogen) atoms. The van der Waals surface area contributed by atoms with Gasteiger partial charge < -0.3 is 4.74 Å². The number of hydrogen-bond donors (Lipinski definition) is 0. The topological polar surface area (TPSA) is 41.5 Å². The van der Waals surface area contributed by atoms with Crippen molar-refractivity contribution in [3.05, 3.63) is 39.6 Å². The van der Waals surface area contributed by atoms with Gasteiger partial charge in [-0.15, -0.1) is 10.2 Å². The Morgan fingerprint density at radius 3 is 2.54 bits per heavy atom. The van der Waals surface area contributed by atoms with Crippen molar-refractivity contribution in [1.82, 2.24) is 20.0 Å². The summed E-state index contributed by atoms with van der Waals surface area (Å²) in [7, 11) is 0. The highest BCUT2D eigenvalue weighted by Crippen LogP contribution is 2.22. The zero-order chi connectivity index (χ0) is 16.9. The zero-order valence-corrected chi connectivity index (χ0v) is 15.1. The first-order chi connectivity index (χ1) is 11.6. The Kier molecular flexibility index (Phi) is 5.99. The van der Waals surface area contributed by atoms with Gasteiger partial charge in [-0.3, -0.25) is 9.80 Å². The molecule has 5 nitrogen and oxygen atoms in total. The minimum atomic E-state index is -0.294. The molecule has 1 fully saturated rings. The van der Waals surface area contributed by atoms with E-state index in [1.54, 1.807) is 6.07 Å². The molecule has 0 N–H and O–H groups in total. The maximum absolute atomic E-state index is 13.1. The Hall–Kier alpha value is -1.28. The summed E-state index contributed by atoms with van der Waals surface area (Å²) >= 11 is 7.62. The fraction of sp³-hybridized carbons (Fsp3) is 0.500. The first-order valence-corrected chi connectivity index (χ1v) is 9.17. The van der Waals surface area contributed by atoms with Crippen LogP contribution in [0.2, 0.25) is 5.02 Å². The summed E-state index contributed by atoms with van der Waals surface area (Å²) in [5, 5.41) is 10.3. The summed E-state index contributed by atoms with van der Waals surface area (Å²) in [6, 6.07) is 4.60. The van der Waals surface area contributed by atoms with Crippen molar-refractivity contribution in [3.8, 4) is 5.19 Å². The summed E-state index contributed by atoms with van der Waals surface area (Å²) < 4.78 is 18.5. The van der Waals surface area contributed by atoms with E-state index < -0.39 is 0 Å². The third-order valence-electron chi connectivity index (χ3n) is 3.95. The standard InChI is InChI=1S/C16H20ClFN4OS/c1-2-23-16-20-19-15(24-16)11-22-7-5-21(6-8-22)10-12-3-4-13(18)9-14(12)17/h3-4,9H,2,5-8,10-11H2,1H3. The SMILES string of the molecule is CCOc1nnc(CN2CCN(Cc3ccc(F)cc3Cl)CC2)s1. The lowest BCUT2D eigenvalue weighted by atomic mass is 10.2. The maximum Gasteiger partial charge on any atom is 0.294 e. The maximum atomic E-state index is 13.1. The lowest BCUT2D eigenvalue weighted by Gasteiger charge is -2.34. The minimum absolute atomic E-state index is 0.294. The average molecular weight is 371 g/mol. The fourth-order valence-corrected chi connectivity index (χ4v) is 3.69. The van der Waals surface area contributed by atoms with Crippen LogP contribution in [0.15, 0.2) is 18.2 Å². The molecule has 2 heterocycles. The van der Waals surface area contributed by atoms with Gasteiger partial charge in [-0.1, -0.05) is 29.0 Å². The van der Waals surface area contributed by atoms with Crippen molar-refractivity contribution in [2.45, 2.75) is 20.0 Å². The lowest BCUT2D eigenvalue weighted by Crippen LogP contribution is -2.45. The number of benzene rings is 1. The van der Waals surface area contributed by atoms with Crippen LogP contribution in [0.25, 0.3) is 0 Å². The number of hydrogen-bond acceptors (Lipinski definition) is 6. The number of ether oxygens (including phenoxy) is 1. The summed E-state index contributed by atoms with van der Waals surface area (Å²) in [4.78, 5) is 4.69. The first kappa shape index (κ1) is 17.5. The summed E-state index contributed by atoms with van der Waals surface area (Å²) in [5.74, 6) is -0.294. The normalized spacial score (nSPS) is 16.5. The Morgan fingerprint density at radius 2 is 1.88 bits per heavy atom. The second kappa shape index (κ2) is 8.20. The monoisotopic (exact) mass is 370 g/mol. The van der Waals surface area contributed by atoms with Crippen LogP contribution in [0.5, 0.6) is 5.19 Å². The highest BCUT2D eigenvalue weighted by molar-refractivity contribution is 7.13. The molecule has 0 aliphatic carbocycles. The molecule has 0 bridgehead atoms. The third-order valence-corrected chi connectivity index (χ3v) is 5.12. The molecule has 1 aliphatic rings. The van der Waals surface area contributed by atoms with E-state index in [1.165, 1.54) is 23.5 Å². The van der Waals surface area contributed by atoms with Gasteiger partial charge in [0.1, 0.15) is 10.8 Å². The molecule has 2 aromatic rings. The molecule has 3 rings (SSSR count). The molecule has 8 heteroatoms. The van der Waals surface area contributed by atoms with Crippen molar-refractivity contribution in [2.75, 3.05) is 32.8 Å². The number of rotatable bonds is 6. The molecule has 0 unspecified atom stereocenters. The second-order valence-electron chi connectivity index (χ2n) is 5.68. The Morgan fingerprint density at radius 1 is 1.17 bits per heavy atom. The van der Waals surface area contributed by atoms with Gasteiger partial charge in [-0.25, -0.2) is 4.39 Å². The lowest BCUT2D eigenvalue weighted by molar-refractivity contribution is 0.122. The molecule has 1 aromatic heterocycles. The molecule has 0 amide bonds. The molecule has 0 saturated carbocycles. The van der Waals surface area contributed by atoms with Gasteiger partial charge in [0.15, 0.2) is 0 Å². The Bertz CT molecular complexity index is 676. The number of aromatic nitrogens is 2. The average Bonchev–Trinajstić information content (AvgIpc) is 2.99. The van der Waals surface area contributed by atoms with Crippen LogP contribution in [0, 0.1) is 5.82 Å². The van der Waals surface area contributed by atoms with Gasteiger partial charge in [0.25, 0.3) is 5.19 Å². The predicted molar refractivity (Wildman–Crippen MR) is 93.0 cm³/mol. The van der Waals surface area contributed by atoms with Crippen LogP contribution in [-0.2, 0) is 13.1 Å². The van der Waals surface area contributed by atoms with E-state index in [0.29, 0.717) is 16.8 Å². The highest BCUT2D eigenvalue weighted by atomic mass is 35.5. The van der Waals surface area contributed by atoms with E-state index in [0.717, 1.165) is 49.8 Å². The predicted octanol–water partition coefficient (Wildman–Crippen LogP) is 3.05. The van der Waals surface area contributed by atoms with Crippen LogP contribution < -0.4 is 4.74 Å². The molecular weight excluding hydrogens is 351 g/mol.